The Labute approximate surface area is 136 Å². The van der Waals surface area contributed by atoms with Crippen LogP contribution in [0.15, 0.2) is 24.3 Å². The Bertz CT molecular complexity index is 580. The Kier molecular flexibility index (Phi) is 6.75. The van der Waals surface area contributed by atoms with E-state index >= 15 is 0 Å². The number of carbonyl (C=O) groups is 3. The van der Waals surface area contributed by atoms with Gasteiger partial charge in [-0.15, -0.1) is 0 Å². The highest BCUT2D eigenvalue weighted by atomic mass is 16.4. The van der Waals surface area contributed by atoms with Gasteiger partial charge in [-0.25, -0.2) is 0 Å². The Morgan fingerprint density at radius 2 is 1.78 bits per heavy atom. The van der Waals surface area contributed by atoms with Crippen LogP contribution in [0.4, 0.5) is 5.69 Å². The van der Waals surface area contributed by atoms with Crippen LogP contribution < -0.4 is 10.6 Å². The molecule has 6 nitrogen and oxygen atoms in total. The fraction of sp³-hybridized carbons (Fsp3) is 0.471. The number of amides is 2. The second-order valence-electron chi connectivity index (χ2n) is 5.49. The lowest BCUT2D eigenvalue weighted by atomic mass is 9.88. The molecule has 0 aliphatic carbocycles. The maximum Gasteiger partial charge on any atom is 0.305 e. The number of hydrogen-bond donors (Lipinski definition) is 3. The van der Waals surface area contributed by atoms with Crippen molar-refractivity contribution in [1.29, 1.82) is 0 Å². The van der Waals surface area contributed by atoms with Gasteiger partial charge in [0.2, 0.25) is 5.91 Å². The van der Waals surface area contributed by atoms with Crippen molar-refractivity contribution in [2.45, 2.75) is 52.0 Å². The molecule has 0 bridgehead atoms. The van der Waals surface area contributed by atoms with Gasteiger partial charge in [0.15, 0.2) is 0 Å². The van der Waals surface area contributed by atoms with E-state index in [1.165, 1.54) is 0 Å². The molecular weight excluding hydrogens is 296 g/mol. The molecule has 0 aliphatic rings. The van der Waals surface area contributed by atoms with Crippen molar-refractivity contribution in [2.75, 3.05) is 5.32 Å². The van der Waals surface area contributed by atoms with Crippen molar-refractivity contribution in [3.8, 4) is 0 Å². The highest BCUT2D eigenvalue weighted by molar-refractivity contribution is 5.97. The fourth-order valence-corrected chi connectivity index (χ4v) is 2.31. The first-order chi connectivity index (χ1) is 10.9. The van der Waals surface area contributed by atoms with E-state index < -0.39 is 11.5 Å². The summed E-state index contributed by atoms with van der Waals surface area (Å²) < 4.78 is 0. The third-order valence-electron chi connectivity index (χ3n) is 3.95. The predicted octanol–water partition coefficient (Wildman–Crippen LogP) is 2.80. The summed E-state index contributed by atoms with van der Waals surface area (Å²) in [6, 6.07) is 6.60. The van der Waals surface area contributed by atoms with Crippen LogP contribution in [0.3, 0.4) is 0 Å². The molecule has 0 aromatic heterocycles. The van der Waals surface area contributed by atoms with E-state index in [0.717, 1.165) is 0 Å². The molecular formula is C17H24N2O4. The molecule has 0 unspecified atom stereocenters. The van der Waals surface area contributed by atoms with Crippen LogP contribution in [0.5, 0.6) is 0 Å². The van der Waals surface area contributed by atoms with E-state index in [4.69, 9.17) is 5.11 Å². The minimum atomic E-state index is -0.946. The molecule has 23 heavy (non-hydrogen) atoms. The predicted molar refractivity (Wildman–Crippen MR) is 88.4 cm³/mol. The van der Waals surface area contributed by atoms with Crippen LogP contribution in [-0.4, -0.2) is 28.4 Å². The normalized spacial score (nSPS) is 10.9. The molecule has 0 aliphatic heterocycles. The van der Waals surface area contributed by atoms with Crippen molar-refractivity contribution in [2.24, 2.45) is 0 Å². The molecule has 1 aromatic rings. The molecule has 0 fully saturated rings. The van der Waals surface area contributed by atoms with E-state index in [-0.39, 0.29) is 18.2 Å². The van der Waals surface area contributed by atoms with E-state index in [1.807, 2.05) is 13.8 Å². The number of nitrogens with one attached hydrogen (secondary N) is 2. The van der Waals surface area contributed by atoms with Crippen molar-refractivity contribution in [3.05, 3.63) is 29.8 Å². The summed E-state index contributed by atoms with van der Waals surface area (Å²) in [4.78, 5) is 34.9. The van der Waals surface area contributed by atoms with Crippen molar-refractivity contribution >= 4 is 23.5 Å². The Morgan fingerprint density at radius 1 is 1.13 bits per heavy atom. The van der Waals surface area contributed by atoms with Crippen LogP contribution in [0.25, 0.3) is 0 Å². The highest BCUT2D eigenvalue weighted by Crippen LogP contribution is 2.21. The number of aliphatic carboxylic acids is 1. The molecule has 0 radical (unpaired) electrons. The standard InChI is InChI=1S/C17H24N2O4/c1-4-14(20)18-13-9-7-8-12(10-13)16(23)19-17(5-2,6-3)11-15(21)22/h7-10H,4-6,11H2,1-3H3,(H,18,20)(H,19,23)(H,21,22). The number of benzene rings is 1. The monoisotopic (exact) mass is 320 g/mol. The van der Waals surface area contributed by atoms with Crippen LogP contribution in [0.1, 0.15) is 56.8 Å². The van der Waals surface area contributed by atoms with Crippen molar-refractivity contribution in [3.63, 3.8) is 0 Å². The molecule has 1 aromatic carbocycles. The minimum Gasteiger partial charge on any atom is -0.481 e. The molecule has 0 heterocycles. The second-order valence-corrected chi connectivity index (χ2v) is 5.49. The summed E-state index contributed by atoms with van der Waals surface area (Å²) in [6.45, 7) is 5.45. The Balaban J connectivity index is 2.93. The maximum atomic E-state index is 12.5. The highest BCUT2D eigenvalue weighted by Gasteiger charge is 2.31. The van der Waals surface area contributed by atoms with Crippen molar-refractivity contribution < 1.29 is 19.5 Å². The number of rotatable bonds is 8. The SMILES string of the molecule is CCC(=O)Nc1cccc(C(=O)NC(CC)(CC)CC(=O)O)c1. The molecule has 0 atom stereocenters. The van der Waals surface area contributed by atoms with E-state index in [0.29, 0.717) is 30.5 Å². The minimum absolute atomic E-state index is 0.127. The molecule has 3 N–H and O–H groups in total. The van der Waals surface area contributed by atoms with Gasteiger partial charge in [-0.2, -0.15) is 0 Å². The molecule has 126 valence electrons. The van der Waals surface area contributed by atoms with Gasteiger partial charge in [0.1, 0.15) is 0 Å². The zero-order chi connectivity index (χ0) is 17.5. The summed E-state index contributed by atoms with van der Waals surface area (Å²) in [5.74, 6) is -1.43. The Hall–Kier alpha value is -2.37. The van der Waals surface area contributed by atoms with Gasteiger partial charge in [-0.3, -0.25) is 14.4 Å². The number of carbonyl (C=O) groups excluding carboxylic acids is 2. The number of hydrogen-bond acceptors (Lipinski definition) is 3. The van der Waals surface area contributed by atoms with Gasteiger partial charge in [-0.1, -0.05) is 26.8 Å². The topological polar surface area (TPSA) is 95.5 Å². The van der Waals surface area contributed by atoms with Crippen LogP contribution in [0.2, 0.25) is 0 Å². The van der Waals surface area contributed by atoms with E-state index in [2.05, 4.69) is 10.6 Å². The van der Waals surface area contributed by atoms with E-state index in [9.17, 15) is 14.4 Å². The lowest BCUT2D eigenvalue weighted by Gasteiger charge is -2.31. The Morgan fingerprint density at radius 3 is 2.30 bits per heavy atom. The first-order valence-corrected chi connectivity index (χ1v) is 7.80. The number of anilines is 1. The summed E-state index contributed by atoms with van der Waals surface area (Å²) in [6.07, 6.45) is 1.27. The van der Waals surface area contributed by atoms with Gasteiger partial charge < -0.3 is 15.7 Å². The average Bonchev–Trinajstić information content (AvgIpc) is 2.53. The van der Waals surface area contributed by atoms with Gasteiger partial charge >= 0.3 is 5.97 Å². The third kappa shape index (κ3) is 5.39. The first kappa shape index (κ1) is 18.7. The molecule has 0 saturated heterocycles. The zero-order valence-corrected chi connectivity index (χ0v) is 13.8. The van der Waals surface area contributed by atoms with Gasteiger partial charge in [-0.05, 0) is 31.0 Å². The average molecular weight is 320 g/mol. The smallest absolute Gasteiger partial charge is 0.305 e. The summed E-state index contributed by atoms with van der Waals surface area (Å²) in [5, 5.41) is 14.6. The van der Waals surface area contributed by atoms with Crippen LogP contribution >= 0.6 is 0 Å². The van der Waals surface area contributed by atoms with Gasteiger partial charge in [0.05, 0.1) is 12.0 Å². The number of carboxylic acids is 1. The first-order valence-electron chi connectivity index (χ1n) is 7.80. The van der Waals surface area contributed by atoms with Crippen LogP contribution in [-0.2, 0) is 9.59 Å². The molecule has 0 spiro atoms. The largest absolute Gasteiger partial charge is 0.481 e. The lowest BCUT2D eigenvalue weighted by Crippen LogP contribution is -2.49. The fourth-order valence-electron chi connectivity index (χ4n) is 2.31. The quantitative estimate of drug-likeness (QED) is 0.686. The summed E-state index contributed by atoms with van der Waals surface area (Å²) in [7, 11) is 0. The third-order valence-corrected chi connectivity index (χ3v) is 3.95. The molecule has 2 amide bonds. The summed E-state index contributed by atoms with van der Waals surface area (Å²) >= 11 is 0. The zero-order valence-electron chi connectivity index (χ0n) is 13.8. The summed E-state index contributed by atoms with van der Waals surface area (Å²) in [5.41, 5.74) is 0.155. The molecule has 1 rings (SSSR count). The second kappa shape index (κ2) is 8.31. The van der Waals surface area contributed by atoms with E-state index in [1.54, 1.807) is 31.2 Å². The van der Waals surface area contributed by atoms with Crippen LogP contribution in [0, 0.1) is 0 Å². The van der Waals surface area contributed by atoms with Gasteiger partial charge in [0.25, 0.3) is 5.91 Å². The maximum absolute atomic E-state index is 12.5. The number of carboxylic acid groups (broad SMARTS) is 1. The van der Waals surface area contributed by atoms with Gasteiger partial charge in [0, 0.05) is 17.7 Å². The lowest BCUT2D eigenvalue weighted by molar-refractivity contribution is -0.138. The molecule has 0 saturated carbocycles. The van der Waals surface area contributed by atoms with Crippen molar-refractivity contribution in [1.82, 2.24) is 5.32 Å². The molecule has 6 heteroatoms.